The van der Waals surface area contributed by atoms with Crippen LogP contribution in [0.2, 0.25) is 0 Å². The van der Waals surface area contributed by atoms with Gasteiger partial charge in [-0.25, -0.2) is 0 Å². The minimum atomic E-state index is 0. The summed E-state index contributed by atoms with van der Waals surface area (Å²) in [4.78, 5) is 9.69. The van der Waals surface area contributed by atoms with Crippen molar-refractivity contribution in [1.29, 1.82) is 0 Å². The van der Waals surface area contributed by atoms with E-state index in [2.05, 4.69) is 6.58 Å². The van der Waals surface area contributed by atoms with E-state index >= 15 is 0 Å². The van der Waals surface area contributed by atoms with Crippen molar-refractivity contribution in [2.75, 3.05) is 0 Å². The van der Waals surface area contributed by atoms with Crippen LogP contribution in [0, 0.1) is 0 Å². The van der Waals surface area contributed by atoms with Gasteiger partial charge in [0.05, 0.1) is 0 Å². The summed E-state index contributed by atoms with van der Waals surface area (Å²) in [5, 5.41) is 0. The molecule has 0 amide bonds. The maximum absolute atomic E-state index is 9.69. The summed E-state index contributed by atoms with van der Waals surface area (Å²) in [7, 11) is 0. The van der Waals surface area contributed by atoms with E-state index in [-0.39, 0.29) is 39.1 Å². The van der Waals surface area contributed by atoms with Crippen molar-refractivity contribution < 1.29 is 38.1 Å². The first-order valence-electron chi connectivity index (χ1n) is 1.40. The number of rotatable bonds is 1. The summed E-state index contributed by atoms with van der Waals surface area (Å²) in [6.45, 7) is 4.68. The van der Waals surface area contributed by atoms with Gasteiger partial charge in [-0.1, -0.05) is 6.58 Å². The van der Waals surface area contributed by atoms with Gasteiger partial charge in [-0.2, -0.15) is 0 Å². The molecule has 0 unspecified atom stereocenters. The van der Waals surface area contributed by atoms with Crippen LogP contribution in [0.15, 0.2) is 12.7 Å². The number of hydrogen-bond donors (Lipinski definition) is 0. The van der Waals surface area contributed by atoms with E-state index in [4.69, 9.17) is 0 Å². The predicted octanol–water partition coefficient (Wildman–Crippen LogP) is 0.756. The van der Waals surface area contributed by atoms with E-state index in [1.165, 1.54) is 13.0 Å². The largest absolute Gasteiger partial charge is 0.295 e. The molecule has 3 heteroatoms. The minimum absolute atomic E-state index is 0. The first-order chi connectivity index (χ1) is 2.27. The Balaban J connectivity index is -0.0000000800. The molecule has 1 nitrogen and oxygen atoms in total. The van der Waals surface area contributed by atoms with E-state index in [0.717, 1.165) is 0 Å². The van der Waals surface area contributed by atoms with Crippen LogP contribution in [0.4, 0.5) is 0 Å². The third kappa shape index (κ3) is 21.5. The number of carbonyl (C=O) groups is 1. The Labute approximate surface area is 63.7 Å². The molecule has 47 valence electrons. The minimum Gasteiger partial charge on any atom is -0.295 e. The van der Waals surface area contributed by atoms with Crippen LogP contribution in [0.1, 0.15) is 6.92 Å². The van der Waals surface area contributed by atoms with Crippen molar-refractivity contribution in [1.82, 2.24) is 0 Å². The fourth-order valence-electron chi connectivity index (χ4n) is 0. The standard InChI is InChI=1S/C4H6O.Co.Ni/c1-3-4(2)5;;/h3H,1H2,2H3;;. The second-order valence-corrected chi connectivity index (χ2v) is 0.815. The Bertz CT molecular complexity index is 62.7. The molecule has 0 saturated carbocycles. The van der Waals surface area contributed by atoms with Gasteiger partial charge in [-0.3, -0.25) is 4.79 Å². The summed E-state index contributed by atoms with van der Waals surface area (Å²) in [5.41, 5.74) is 0. The summed E-state index contributed by atoms with van der Waals surface area (Å²) < 4.78 is 0. The zero-order chi connectivity index (χ0) is 4.28. The van der Waals surface area contributed by atoms with E-state index in [1.54, 1.807) is 0 Å². The molecule has 0 rings (SSSR count). The smallest absolute Gasteiger partial charge is 0.152 e. The Morgan fingerprint density at radius 2 is 1.86 bits per heavy atom. The fraction of sp³-hybridized carbons (Fsp3) is 0.250. The van der Waals surface area contributed by atoms with Crippen molar-refractivity contribution in [3.63, 3.8) is 0 Å². The van der Waals surface area contributed by atoms with Crippen molar-refractivity contribution in [3.8, 4) is 0 Å². The third-order valence-electron chi connectivity index (χ3n) is 0.287. The Hall–Kier alpha value is 0.410. The van der Waals surface area contributed by atoms with E-state index in [1.807, 2.05) is 0 Å². The molecule has 0 saturated heterocycles. The normalized spacial score (nSPS) is 4.71. The quantitative estimate of drug-likeness (QED) is 0.438. The average Bonchev–Trinajstić information content (AvgIpc) is 1.38. The molecular formula is C4H6CoNiO. The monoisotopic (exact) mass is 187 g/mol. The predicted molar refractivity (Wildman–Crippen MR) is 20.9 cm³/mol. The SMILES string of the molecule is C=CC(C)=O.[Co].[Ni]. The average molecular weight is 188 g/mol. The van der Waals surface area contributed by atoms with Crippen LogP contribution < -0.4 is 0 Å². The number of carbonyl (C=O) groups excluding carboxylic acids is 1. The van der Waals surface area contributed by atoms with Crippen LogP contribution >= 0.6 is 0 Å². The molecule has 0 aromatic carbocycles. The molecule has 0 spiro atoms. The number of allylic oxidation sites excluding steroid dienone is 1. The second kappa shape index (κ2) is 9.65. The molecule has 0 fully saturated rings. The summed E-state index contributed by atoms with van der Waals surface area (Å²) in [5.74, 6) is 0.0185. The summed E-state index contributed by atoms with van der Waals surface area (Å²) >= 11 is 0. The van der Waals surface area contributed by atoms with Gasteiger partial charge < -0.3 is 0 Å². The fourth-order valence-corrected chi connectivity index (χ4v) is 0. The van der Waals surface area contributed by atoms with Crippen molar-refractivity contribution in [2.45, 2.75) is 6.92 Å². The zero-order valence-electron chi connectivity index (χ0n) is 3.84. The molecule has 0 aromatic heterocycles. The van der Waals surface area contributed by atoms with Gasteiger partial charge >= 0.3 is 0 Å². The van der Waals surface area contributed by atoms with Gasteiger partial charge in [0.15, 0.2) is 5.78 Å². The maximum Gasteiger partial charge on any atom is 0.152 e. The summed E-state index contributed by atoms with van der Waals surface area (Å²) in [6.07, 6.45) is 1.28. The topological polar surface area (TPSA) is 17.1 Å². The van der Waals surface area contributed by atoms with Crippen LogP contribution in [-0.2, 0) is 38.1 Å². The van der Waals surface area contributed by atoms with Crippen LogP contribution in [-0.4, -0.2) is 5.78 Å². The zero-order valence-corrected chi connectivity index (χ0v) is 5.87. The Kier molecular flexibility index (Phi) is 21.6. The number of hydrogen-bond acceptors (Lipinski definition) is 1. The van der Waals surface area contributed by atoms with Gasteiger partial charge in [0.25, 0.3) is 0 Å². The molecule has 0 aliphatic carbocycles. The summed E-state index contributed by atoms with van der Waals surface area (Å²) in [6, 6.07) is 0. The maximum atomic E-state index is 9.69. The molecule has 0 bridgehead atoms. The van der Waals surface area contributed by atoms with E-state index in [9.17, 15) is 4.79 Å². The molecular weight excluding hydrogens is 182 g/mol. The van der Waals surface area contributed by atoms with Gasteiger partial charge in [-0.05, 0) is 13.0 Å². The molecule has 7 heavy (non-hydrogen) atoms. The molecule has 0 aliphatic rings. The number of ketones is 1. The van der Waals surface area contributed by atoms with Crippen molar-refractivity contribution in [3.05, 3.63) is 12.7 Å². The van der Waals surface area contributed by atoms with Gasteiger partial charge in [-0.15, -0.1) is 0 Å². The van der Waals surface area contributed by atoms with Crippen LogP contribution in [0.5, 0.6) is 0 Å². The third-order valence-corrected chi connectivity index (χ3v) is 0.287. The first kappa shape index (κ1) is 15.7. The van der Waals surface area contributed by atoms with Crippen LogP contribution in [0.3, 0.4) is 0 Å². The van der Waals surface area contributed by atoms with Crippen LogP contribution in [0.25, 0.3) is 0 Å². The Morgan fingerprint density at radius 1 is 1.71 bits per heavy atom. The molecule has 0 atom stereocenters. The van der Waals surface area contributed by atoms with Gasteiger partial charge in [0.2, 0.25) is 0 Å². The van der Waals surface area contributed by atoms with Gasteiger partial charge in [0, 0.05) is 33.3 Å². The van der Waals surface area contributed by atoms with Crippen molar-refractivity contribution >= 4 is 5.78 Å². The molecule has 0 N–H and O–H groups in total. The molecule has 1 radical (unpaired) electrons. The molecule has 0 aromatic rings. The van der Waals surface area contributed by atoms with E-state index < -0.39 is 0 Å². The first-order valence-corrected chi connectivity index (χ1v) is 1.40. The molecule has 0 aliphatic heterocycles. The second-order valence-electron chi connectivity index (χ2n) is 0.815. The van der Waals surface area contributed by atoms with Gasteiger partial charge in [0.1, 0.15) is 0 Å². The van der Waals surface area contributed by atoms with Crippen molar-refractivity contribution in [2.24, 2.45) is 0 Å². The Morgan fingerprint density at radius 3 is 1.86 bits per heavy atom. The van der Waals surface area contributed by atoms with E-state index in [0.29, 0.717) is 0 Å². The molecule has 0 heterocycles.